The van der Waals surface area contributed by atoms with Crippen LogP contribution in [0.2, 0.25) is 0 Å². The lowest BCUT2D eigenvalue weighted by atomic mass is 10.0. The molecule has 0 aliphatic carbocycles. The summed E-state index contributed by atoms with van der Waals surface area (Å²) >= 11 is 0. The molecular formula is C17H17N3O2. The fourth-order valence-electron chi connectivity index (χ4n) is 2.44. The van der Waals surface area contributed by atoms with Crippen LogP contribution in [0, 0.1) is 0 Å². The van der Waals surface area contributed by atoms with Gasteiger partial charge in [-0.05, 0) is 24.1 Å². The summed E-state index contributed by atoms with van der Waals surface area (Å²) in [7, 11) is 0. The first-order valence-electron chi connectivity index (χ1n) is 7.16. The summed E-state index contributed by atoms with van der Waals surface area (Å²) in [5.74, 6) is -0.161. The molecule has 0 aliphatic rings. The van der Waals surface area contributed by atoms with E-state index >= 15 is 0 Å². The van der Waals surface area contributed by atoms with E-state index < -0.39 is 0 Å². The Kier molecular flexibility index (Phi) is 4.16. The summed E-state index contributed by atoms with van der Waals surface area (Å²) in [5, 5.41) is 12.2. The van der Waals surface area contributed by atoms with Gasteiger partial charge in [0.1, 0.15) is 0 Å². The number of carbonyl (C=O) groups is 1. The number of nitrogens with one attached hydrogen (secondary N) is 1. The Morgan fingerprint density at radius 3 is 2.86 bits per heavy atom. The van der Waals surface area contributed by atoms with Gasteiger partial charge in [-0.15, -0.1) is 0 Å². The first-order valence-corrected chi connectivity index (χ1v) is 7.16. The fourth-order valence-corrected chi connectivity index (χ4v) is 2.44. The van der Waals surface area contributed by atoms with Gasteiger partial charge in [0, 0.05) is 18.4 Å². The number of imidazole rings is 1. The standard InChI is InChI=1S/C17H17N3O2/c21-9-7-16(13-4-2-1-3-5-13)19-17(22)14-6-8-20-12-18-11-15(20)10-14/h1-6,8,10-12,16,21H,7,9H2,(H,19,22). The highest BCUT2D eigenvalue weighted by molar-refractivity contribution is 5.95. The van der Waals surface area contributed by atoms with E-state index in [1.807, 2.05) is 34.7 Å². The number of aliphatic hydroxyl groups is 1. The van der Waals surface area contributed by atoms with Crippen molar-refractivity contribution in [2.24, 2.45) is 0 Å². The number of fused-ring (bicyclic) bond motifs is 1. The number of rotatable bonds is 5. The molecule has 0 fully saturated rings. The van der Waals surface area contributed by atoms with Crippen LogP contribution in [0.1, 0.15) is 28.4 Å². The van der Waals surface area contributed by atoms with E-state index in [0.29, 0.717) is 12.0 Å². The van der Waals surface area contributed by atoms with Crippen LogP contribution in [0.15, 0.2) is 61.2 Å². The molecule has 2 N–H and O–H groups in total. The fraction of sp³-hybridized carbons (Fsp3) is 0.176. The molecule has 0 bridgehead atoms. The van der Waals surface area contributed by atoms with Gasteiger partial charge in [0.15, 0.2) is 0 Å². The van der Waals surface area contributed by atoms with Crippen LogP contribution < -0.4 is 5.32 Å². The molecule has 1 aromatic carbocycles. The highest BCUT2D eigenvalue weighted by atomic mass is 16.3. The molecule has 0 spiro atoms. The first-order chi connectivity index (χ1) is 10.8. The molecule has 3 rings (SSSR count). The zero-order valence-electron chi connectivity index (χ0n) is 12.0. The number of aliphatic hydroxyl groups excluding tert-OH is 1. The Morgan fingerprint density at radius 1 is 1.27 bits per heavy atom. The zero-order valence-corrected chi connectivity index (χ0v) is 12.0. The van der Waals surface area contributed by atoms with Crippen molar-refractivity contribution in [3.05, 3.63) is 72.3 Å². The lowest BCUT2D eigenvalue weighted by molar-refractivity contribution is 0.0930. The van der Waals surface area contributed by atoms with Crippen LogP contribution >= 0.6 is 0 Å². The van der Waals surface area contributed by atoms with Crippen molar-refractivity contribution in [1.29, 1.82) is 0 Å². The topological polar surface area (TPSA) is 66.6 Å². The third kappa shape index (κ3) is 2.99. The molecule has 5 heteroatoms. The van der Waals surface area contributed by atoms with Crippen molar-refractivity contribution in [3.8, 4) is 0 Å². The van der Waals surface area contributed by atoms with Crippen molar-refractivity contribution in [2.45, 2.75) is 12.5 Å². The Hall–Kier alpha value is -2.66. The summed E-state index contributed by atoms with van der Waals surface area (Å²) in [6.07, 6.45) is 5.68. The Morgan fingerprint density at radius 2 is 2.09 bits per heavy atom. The average Bonchev–Trinajstić information content (AvgIpc) is 3.02. The maximum absolute atomic E-state index is 12.4. The number of pyridine rings is 1. The number of amides is 1. The molecule has 0 saturated heterocycles. The van der Waals surface area contributed by atoms with Crippen molar-refractivity contribution in [2.75, 3.05) is 6.61 Å². The van der Waals surface area contributed by atoms with Gasteiger partial charge in [-0.2, -0.15) is 0 Å². The third-order valence-corrected chi connectivity index (χ3v) is 3.60. The van der Waals surface area contributed by atoms with E-state index in [1.54, 1.807) is 30.9 Å². The summed E-state index contributed by atoms with van der Waals surface area (Å²) in [5.41, 5.74) is 2.42. The third-order valence-electron chi connectivity index (χ3n) is 3.60. The minimum Gasteiger partial charge on any atom is -0.396 e. The number of nitrogens with zero attached hydrogens (tertiary/aromatic N) is 2. The molecule has 112 valence electrons. The number of benzene rings is 1. The molecule has 1 amide bonds. The monoisotopic (exact) mass is 295 g/mol. The van der Waals surface area contributed by atoms with Crippen molar-refractivity contribution in [3.63, 3.8) is 0 Å². The van der Waals surface area contributed by atoms with Crippen LogP contribution in [0.5, 0.6) is 0 Å². The second-order valence-electron chi connectivity index (χ2n) is 5.09. The van der Waals surface area contributed by atoms with Gasteiger partial charge in [-0.1, -0.05) is 30.3 Å². The van der Waals surface area contributed by atoms with E-state index in [-0.39, 0.29) is 18.6 Å². The van der Waals surface area contributed by atoms with Gasteiger partial charge in [0.25, 0.3) is 5.91 Å². The van der Waals surface area contributed by atoms with Crippen molar-refractivity contribution < 1.29 is 9.90 Å². The maximum Gasteiger partial charge on any atom is 0.251 e. The Bertz CT molecular complexity index is 768. The quantitative estimate of drug-likeness (QED) is 0.758. The molecular weight excluding hydrogens is 278 g/mol. The van der Waals surface area contributed by atoms with Crippen LogP contribution in [0.3, 0.4) is 0 Å². The molecule has 0 aliphatic heterocycles. The predicted molar refractivity (Wildman–Crippen MR) is 83.5 cm³/mol. The molecule has 5 nitrogen and oxygen atoms in total. The highest BCUT2D eigenvalue weighted by Crippen LogP contribution is 2.17. The number of carbonyl (C=O) groups excluding carboxylic acids is 1. The van der Waals surface area contributed by atoms with Crippen LogP contribution in [0.4, 0.5) is 0 Å². The van der Waals surface area contributed by atoms with E-state index in [4.69, 9.17) is 0 Å². The largest absolute Gasteiger partial charge is 0.396 e. The van der Waals surface area contributed by atoms with Crippen LogP contribution in [0.25, 0.3) is 5.52 Å². The second-order valence-corrected chi connectivity index (χ2v) is 5.09. The molecule has 0 radical (unpaired) electrons. The molecule has 3 aromatic rings. The number of aromatic nitrogens is 2. The van der Waals surface area contributed by atoms with Crippen molar-refractivity contribution in [1.82, 2.24) is 14.7 Å². The molecule has 0 saturated carbocycles. The van der Waals surface area contributed by atoms with E-state index in [2.05, 4.69) is 10.3 Å². The normalized spacial score (nSPS) is 12.2. The average molecular weight is 295 g/mol. The summed E-state index contributed by atoms with van der Waals surface area (Å²) in [6, 6.07) is 13.0. The van der Waals surface area contributed by atoms with Gasteiger partial charge in [-0.3, -0.25) is 4.79 Å². The van der Waals surface area contributed by atoms with E-state index in [1.165, 1.54) is 0 Å². The SMILES string of the molecule is O=C(NC(CCO)c1ccccc1)c1ccn2cncc2c1. The summed E-state index contributed by atoms with van der Waals surface area (Å²) in [4.78, 5) is 16.5. The number of hydrogen-bond donors (Lipinski definition) is 2. The van der Waals surface area contributed by atoms with Crippen molar-refractivity contribution >= 4 is 11.4 Å². The summed E-state index contributed by atoms with van der Waals surface area (Å²) in [6.45, 7) is 0.0154. The summed E-state index contributed by atoms with van der Waals surface area (Å²) < 4.78 is 1.85. The smallest absolute Gasteiger partial charge is 0.251 e. The molecule has 22 heavy (non-hydrogen) atoms. The minimum absolute atomic E-state index is 0.0154. The van der Waals surface area contributed by atoms with Gasteiger partial charge < -0.3 is 14.8 Å². The lowest BCUT2D eigenvalue weighted by Gasteiger charge is -2.18. The zero-order chi connectivity index (χ0) is 15.4. The highest BCUT2D eigenvalue weighted by Gasteiger charge is 2.15. The minimum atomic E-state index is -0.208. The first kappa shape index (κ1) is 14.3. The van der Waals surface area contributed by atoms with E-state index in [9.17, 15) is 9.90 Å². The second kappa shape index (κ2) is 6.41. The maximum atomic E-state index is 12.4. The van der Waals surface area contributed by atoms with Crippen LogP contribution in [-0.4, -0.2) is 27.0 Å². The van der Waals surface area contributed by atoms with Gasteiger partial charge >= 0.3 is 0 Å². The Balaban J connectivity index is 1.81. The number of hydrogen-bond acceptors (Lipinski definition) is 3. The van der Waals surface area contributed by atoms with Gasteiger partial charge in [0.05, 0.1) is 24.1 Å². The predicted octanol–water partition coefficient (Wildman–Crippen LogP) is 2.19. The van der Waals surface area contributed by atoms with Gasteiger partial charge in [0.2, 0.25) is 0 Å². The molecule has 2 aromatic heterocycles. The molecule has 1 unspecified atom stereocenters. The molecule has 2 heterocycles. The van der Waals surface area contributed by atoms with Crippen LogP contribution in [-0.2, 0) is 0 Å². The van der Waals surface area contributed by atoms with Gasteiger partial charge in [-0.25, -0.2) is 4.98 Å². The molecule has 1 atom stereocenters. The Labute approximate surface area is 128 Å². The lowest BCUT2D eigenvalue weighted by Crippen LogP contribution is -2.29. The van der Waals surface area contributed by atoms with E-state index in [0.717, 1.165) is 11.1 Å².